The van der Waals surface area contributed by atoms with Gasteiger partial charge < -0.3 is 5.32 Å². The molecule has 20 heavy (non-hydrogen) atoms. The molecule has 2 rings (SSSR count). The van der Waals surface area contributed by atoms with E-state index in [1.54, 1.807) is 12.1 Å². The summed E-state index contributed by atoms with van der Waals surface area (Å²) in [6.07, 6.45) is 0. The highest BCUT2D eigenvalue weighted by Gasteiger charge is 2.11. The summed E-state index contributed by atoms with van der Waals surface area (Å²) in [6.45, 7) is 4.00. The Kier molecular flexibility index (Phi) is 4.84. The molecule has 0 saturated heterocycles. The number of aryl methyl sites for hydroxylation is 2. The maximum Gasteiger partial charge on any atom is 0.255 e. The van der Waals surface area contributed by atoms with E-state index in [0.717, 1.165) is 26.9 Å². The molecule has 104 valence electrons. The summed E-state index contributed by atoms with van der Waals surface area (Å²) in [5.41, 5.74) is 4.60. The smallest absolute Gasteiger partial charge is 0.255 e. The molecule has 0 saturated carbocycles. The van der Waals surface area contributed by atoms with Crippen molar-refractivity contribution in [1.82, 2.24) is 0 Å². The van der Waals surface area contributed by atoms with Crippen molar-refractivity contribution in [1.29, 1.82) is 0 Å². The standard InChI is InChI=1S/C16H15BrClNO/c1-10-7-11(2)15(14(17)8-10)19-16(20)13-5-3-12(9-18)4-6-13/h3-8H,9H2,1-2H3,(H,19,20). The molecule has 0 heterocycles. The zero-order valence-corrected chi connectivity index (χ0v) is 13.7. The third kappa shape index (κ3) is 3.41. The molecular weight excluding hydrogens is 338 g/mol. The predicted octanol–water partition coefficient (Wildman–Crippen LogP) is 5.06. The quantitative estimate of drug-likeness (QED) is 0.769. The first-order valence-corrected chi connectivity index (χ1v) is 7.57. The van der Waals surface area contributed by atoms with Crippen molar-refractivity contribution in [3.8, 4) is 0 Å². The second kappa shape index (κ2) is 6.42. The second-order valence-electron chi connectivity index (χ2n) is 4.72. The van der Waals surface area contributed by atoms with E-state index in [-0.39, 0.29) is 5.91 Å². The van der Waals surface area contributed by atoms with Gasteiger partial charge in [-0.1, -0.05) is 18.2 Å². The lowest BCUT2D eigenvalue weighted by molar-refractivity contribution is 0.102. The molecule has 0 aromatic heterocycles. The topological polar surface area (TPSA) is 29.1 Å². The van der Waals surface area contributed by atoms with Gasteiger partial charge in [0.15, 0.2) is 0 Å². The van der Waals surface area contributed by atoms with E-state index in [2.05, 4.69) is 21.2 Å². The van der Waals surface area contributed by atoms with Gasteiger partial charge in [-0.2, -0.15) is 0 Å². The fraction of sp³-hybridized carbons (Fsp3) is 0.188. The lowest BCUT2D eigenvalue weighted by Crippen LogP contribution is -2.13. The summed E-state index contributed by atoms with van der Waals surface area (Å²) >= 11 is 9.23. The van der Waals surface area contributed by atoms with Crippen LogP contribution in [-0.4, -0.2) is 5.91 Å². The van der Waals surface area contributed by atoms with Crippen LogP contribution in [0.15, 0.2) is 40.9 Å². The maximum atomic E-state index is 12.2. The van der Waals surface area contributed by atoms with Gasteiger partial charge in [0.25, 0.3) is 5.91 Å². The Bertz CT molecular complexity index is 614. The van der Waals surface area contributed by atoms with Gasteiger partial charge in [0.2, 0.25) is 0 Å². The Morgan fingerprint density at radius 3 is 2.40 bits per heavy atom. The summed E-state index contributed by atoms with van der Waals surface area (Å²) in [7, 11) is 0. The van der Waals surface area contributed by atoms with Gasteiger partial charge in [-0.3, -0.25) is 4.79 Å². The van der Waals surface area contributed by atoms with E-state index in [0.29, 0.717) is 11.4 Å². The van der Waals surface area contributed by atoms with Gasteiger partial charge in [-0.25, -0.2) is 0 Å². The highest BCUT2D eigenvalue weighted by molar-refractivity contribution is 9.10. The van der Waals surface area contributed by atoms with Crippen LogP contribution in [0, 0.1) is 13.8 Å². The average Bonchev–Trinajstić information content (AvgIpc) is 2.42. The Morgan fingerprint density at radius 2 is 1.85 bits per heavy atom. The number of carbonyl (C=O) groups excluding carboxylic acids is 1. The van der Waals surface area contributed by atoms with Crippen molar-refractivity contribution in [3.05, 3.63) is 63.1 Å². The summed E-state index contributed by atoms with van der Waals surface area (Å²) in [6, 6.07) is 11.3. The Labute approximate surface area is 132 Å². The average molecular weight is 353 g/mol. The first-order chi connectivity index (χ1) is 9.51. The van der Waals surface area contributed by atoms with E-state index in [9.17, 15) is 4.79 Å². The Morgan fingerprint density at radius 1 is 1.20 bits per heavy atom. The number of amides is 1. The predicted molar refractivity (Wildman–Crippen MR) is 87.6 cm³/mol. The monoisotopic (exact) mass is 351 g/mol. The van der Waals surface area contributed by atoms with E-state index in [4.69, 9.17) is 11.6 Å². The van der Waals surface area contributed by atoms with Gasteiger partial charge in [0, 0.05) is 15.9 Å². The molecule has 0 radical (unpaired) electrons. The molecule has 0 bridgehead atoms. The second-order valence-corrected chi connectivity index (χ2v) is 5.84. The SMILES string of the molecule is Cc1cc(C)c(NC(=O)c2ccc(CCl)cc2)c(Br)c1. The normalized spacial score (nSPS) is 10.4. The van der Waals surface area contributed by atoms with E-state index in [1.165, 1.54) is 0 Å². The summed E-state index contributed by atoms with van der Waals surface area (Å²) < 4.78 is 0.890. The van der Waals surface area contributed by atoms with Gasteiger partial charge in [-0.05, 0) is 64.7 Å². The van der Waals surface area contributed by atoms with E-state index < -0.39 is 0 Å². The minimum atomic E-state index is -0.126. The zero-order valence-electron chi connectivity index (χ0n) is 11.3. The van der Waals surface area contributed by atoms with E-state index in [1.807, 2.05) is 38.1 Å². The van der Waals surface area contributed by atoms with Crippen molar-refractivity contribution >= 4 is 39.1 Å². The number of halogens is 2. The van der Waals surface area contributed by atoms with Crippen LogP contribution in [0.2, 0.25) is 0 Å². The lowest BCUT2D eigenvalue weighted by Gasteiger charge is -2.12. The molecule has 0 spiro atoms. The molecule has 4 heteroatoms. The van der Waals surface area contributed by atoms with Gasteiger partial charge >= 0.3 is 0 Å². The molecule has 0 fully saturated rings. The van der Waals surface area contributed by atoms with Crippen molar-refractivity contribution in [2.24, 2.45) is 0 Å². The molecule has 0 aliphatic rings. The summed E-state index contributed by atoms with van der Waals surface area (Å²) in [5, 5.41) is 2.94. The van der Waals surface area contributed by atoms with Crippen LogP contribution in [0.5, 0.6) is 0 Å². The number of alkyl halides is 1. The number of anilines is 1. The molecular formula is C16H15BrClNO. The molecule has 0 unspecified atom stereocenters. The molecule has 0 aliphatic heterocycles. The van der Waals surface area contributed by atoms with Crippen molar-refractivity contribution in [2.45, 2.75) is 19.7 Å². The number of hydrogen-bond acceptors (Lipinski definition) is 1. The highest BCUT2D eigenvalue weighted by atomic mass is 79.9. The van der Waals surface area contributed by atoms with Crippen molar-refractivity contribution < 1.29 is 4.79 Å². The van der Waals surface area contributed by atoms with Crippen molar-refractivity contribution in [3.63, 3.8) is 0 Å². The van der Waals surface area contributed by atoms with Crippen LogP contribution in [0.3, 0.4) is 0 Å². The minimum absolute atomic E-state index is 0.126. The molecule has 2 nitrogen and oxygen atoms in total. The highest BCUT2D eigenvalue weighted by Crippen LogP contribution is 2.28. The third-order valence-corrected chi connectivity index (χ3v) is 3.97. The number of carbonyl (C=O) groups is 1. The fourth-order valence-corrected chi connectivity index (χ4v) is 2.96. The third-order valence-electron chi connectivity index (χ3n) is 3.04. The summed E-state index contributed by atoms with van der Waals surface area (Å²) in [4.78, 5) is 12.2. The Hall–Kier alpha value is -1.32. The van der Waals surface area contributed by atoms with Gasteiger partial charge in [-0.15, -0.1) is 11.6 Å². The molecule has 1 amide bonds. The van der Waals surface area contributed by atoms with Crippen LogP contribution in [0.1, 0.15) is 27.0 Å². The zero-order chi connectivity index (χ0) is 14.7. The largest absolute Gasteiger partial charge is 0.321 e. The molecule has 2 aromatic rings. The first kappa shape index (κ1) is 15.1. The number of rotatable bonds is 3. The van der Waals surface area contributed by atoms with Gasteiger partial charge in [0.05, 0.1) is 5.69 Å². The van der Waals surface area contributed by atoms with Gasteiger partial charge in [0.1, 0.15) is 0 Å². The molecule has 0 atom stereocenters. The molecule has 1 N–H and O–H groups in total. The molecule has 0 aliphatic carbocycles. The van der Waals surface area contributed by atoms with Crippen molar-refractivity contribution in [2.75, 3.05) is 5.32 Å². The van der Waals surface area contributed by atoms with Crippen LogP contribution < -0.4 is 5.32 Å². The summed E-state index contributed by atoms with van der Waals surface area (Å²) in [5.74, 6) is 0.323. The van der Waals surface area contributed by atoms with Crippen LogP contribution in [0.25, 0.3) is 0 Å². The van der Waals surface area contributed by atoms with Crippen LogP contribution in [-0.2, 0) is 5.88 Å². The lowest BCUT2D eigenvalue weighted by atomic mass is 10.1. The fourth-order valence-electron chi connectivity index (χ4n) is 2.00. The minimum Gasteiger partial charge on any atom is -0.321 e. The van der Waals surface area contributed by atoms with E-state index >= 15 is 0 Å². The maximum absolute atomic E-state index is 12.2. The number of hydrogen-bond donors (Lipinski definition) is 1. The Balaban J connectivity index is 2.23. The first-order valence-electron chi connectivity index (χ1n) is 6.24. The number of nitrogens with one attached hydrogen (secondary N) is 1. The number of benzene rings is 2. The van der Waals surface area contributed by atoms with Crippen LogP contribution >= 0.6 is 27.5 Å². The van der Waals surface area contributed by atoms with Crippen LogP contribution in [0.4, 0.5) is 5.69 Å². The molecule has 2 aromatic carbocycles.